The Bertz CT molecular complexity index is 1200. The summed E-state index contributed by atoms with van der Waals surface area (Å²) in [6.45, 7) is 7.18. The van der Waals surface area contributed by atoms with E-state index in [9.17, 15) is 24.9 Å². The number of hydrogen-bond donors (Lipinski definition) is 5. The van der Waals surface area contributed by atoms with Crippen molar-refractivity contribution in [2.24, 2.45) is 51.5 Å². The van der Waals surface area contributed by atoms with Gasteiger partial charge in [0, 0.05) is 11.3 Å². The van der Waals surface area contributed by atoms with Crippen LogP contribution in [0.4, 0.5) is 4.79 Å². The van der Waals surface area contributed by atoms with Crippen molar-refractivity contribution in [2.45, 2.75) is 109 Å². The zero-order chi connectivity index (χ0) is 34.2. The number of allylic oxidation sites excluding steroid dienone is 1. The highest BCUT2D eigenvalue weighted by Gasteiger charge is 2.65. The highest BCUT2D eigenvalue weighted by Crippen LogP contribution is 2.68. The number of hydrogen-bond acceptors (Lipinski definition) is 8. The molecule has 12 nitrogen and oxygen atoms in total. The van der Waals surface area contributed by atoms with Crippen LogP contribution in [-0.4, -0.2) is 78.2 Å². The molecule has 5 N–H and O–H groups in total. The summed E-state index contributed by atoms with van der Waals surface area (Å²) in [6, 6.07) is 0. The molecule has 2 amide bonds. The first-order valence-electron chi connectivity index (χ1n) is 17.4. The summed E-state index contributed by atoms with van der Waals surface area (Å²) in [5, 5.41) is 42.2. The summed E-state index contributed by atoms with van der Waals surface area (Å²) in [5.74, 6) is 3.63. The molecule has 4 aliphatic carbocycles. The number of terminal acetylenes is 1. The van der Waals surface area contributed by atoms with Gasteiger partial charge >= 0.3 is 6.09 Å². The number of fused-ring (bicyclic) bond motifs is 5. The number of aliphatic hydroxyl groups excluding tert-OH is 3. The van der Waals surface area contributed by atoms with E-state index in [0.29, 0.717) is 43.6 Å². The SMILES string of the molecule is C#CCCOCCOC(=O)NC(CN=[N+]=[N-])NC(=O)C=CCC[C@@H](C)[C@H]1CC[C@H]2[C@@H]3[C@H](O)C[C@@H]4C[C@H](O)CC[C@]4(C)[C@H]3C[C@H](O)[C@]12C. The van der Waals surface area contributed by atoms with Crippen LogP contribution < -0.4 is 10.6 Å². The molecular weight excluding hydrogens is 602 g/mol. The zero-order valence-electron chi connectivity index (χ0n) is 28.2. The molecular formula is C35H55N5O7. The first-order chi connectivity index (χ1) is 22.4. The molecule has 12 heteroatoms. The van der Waals surface area contributed by atoms with Crippen molar-refractivity contribution in [1.82, 2.24) is 10.6 Å². The Morgan fingerprint density at radius 2 is 1.89 bits per heavy atom. The van der Waals surface area contributed by atoms with E-state index in [1.54, 1.807) is 6.08 Å². The molecule has 262 valence electrons. The average molecular weight is 658 g/mol. The van der Waals surface area contributed by atoms with Crippen LogP contribution in [0.25, 0.3) is 10.4 Å². The highest BCUT2D eigenvalue weighted by atomic mass is 16.6. The maximum absolute atomic E-state index is 12.6. The molecule has 4 saturated carbocycles. The van der Waals surface area contributed by atoms with Gasteiger partial charge in [0.15, 0.2) is 0 Å². The maximum atomic E-state index is 12.6. The van der Waals surface area contributed by atoms with Gasteiger partial charge in [0.25, 0.3) is 0 Å². The summed E-state index contributed by atoms with van der Waals surface area (Å²) in [4.78, 5) is 27.4. The van der Waals surface area contributed by atoms with Crippen LogP contribution in [0.1, 0.15) is 85.0 Å². The van der Waals surface area contributed by atoms with Gasteiger partial charge in [-0.25, -0.2) is 4.79 Å². The molecule has 47 heavy (non-hydrogen) atoms. The molecule has 1 unspecified atom stereocenters. The maximum Gasteiger partial charge on any atom is 0.408 e. The minimum absolute atomic E-state index is 0.00116. The van der Waals surface area contributed by atoms with Crippen LogP contribution in [0, 0.1) is 58.7 Å². The van der Waals surface area contributed by atoms with E-state index < -0.39 is 30.4 Å². The fourth-order valence-corrected chi connectivity index (χ4v) is 9.96. The number of nitrogens with zero attached hydrogens (tertiary/aromatic N) is 3. The van der Waals surface area contributed by atoms with Gasteiger partial charge in [-0.15, -0.1) is 12.3 Å². The van der Waals surface area contributed by atoms with Crippen LogP contribution >= 0.6 is 0 Å². The van der Waals surface area contributed by atoms with Crippen molar-refractivity contribution in [2.75, 3.05) is 26.4 Å². The van der Waals surface area contributed by atoms with E-state index in [2.05, 4.69) is 47.4 Å². The van der Waals surface area contributed by atoms with Crippen LogP contribution in [0.3, 0.4) is 0 Å². The number of aliphatic hydroxyl groups is 3. The van der Waals surface area contributed by atoms with E-state index in [1.165, 1.54) is 6.08 Å². The minimum atomic E-state index is -0.949. The molecule has 0 aromatic carbocycles. The first-order valence-corrected chi connectivity index (χ1v) is 17.4. The van der Waals surface area contributed by atoms with Crippen molar-refractivity contribution in [3.05, 3.63) is 22.6 Å². The van der Waals surface area contributed by atoms with Crippen molar-refractivity contribution >= 4 is 12.0 Å². The minimum Gasteiger partial charge on any atom is -0.447 e. The van der Waals surface area contributed by atoms with Gasteiger partial charge in [-0.2, -0.15) is 0 Å². The Morgan fingerprint density at radius 1 is 1.11 bits per heavy atom. The molecule has 0 spiro atoms. The van der Waals surface area contributed by atoms with E-state index in [-0.39, 0.29) is 54.4 Å². The van der Waals surface area contributed by atoms with Gasteiger partial charge in [0.2, 0.25) is 5.91 Å². The van der Waals surface area contributed by atoms with Crippen LogP contribution in [0.15, 0.2) is 17.3 Å². The number of carbonyl (C=O) groups excluding carboxylic acids is 2. The lowest BCUT2D eigenvalue weighted by atomic mass is 9.43. The smallest absolute Gasteiger partial charge is 0.408 e. The number of ether oxygens (including phenoxy) is 2. The second-order valence-electron chi connectivity index (χ2n) is 14.8. The van der Waals surface area contributed by atoms with Crippen molar-refractivity contribution < 1.29 is 34.4 Å². The monoisotopic (exact) mass is 657 g/mol. The standard InChI is InChI=1S/C35H55N5O7/c1-5-6-15-46-16-17-47-33(45)39-30(21-37-40-36)38-31(44)10-8-7-9-22(2)25-11-12-26-32-27(20-29(43)35(25,26)4)34(3)14-13-24(41)18-23(34)19-28(32)42/h1,8,10,22-30,32,41-43H,6-7,9,11-21H2,2-4H3,(H,38,44)(H,39,45)/t22-,23+,24-,25-,26+,27+,28-,29+,30?,32+,34+,35-/m1/s1. The third-order valence-corrected chi connectivity index (χ3v) is 12.4. The van der Waals surface area contributed by atoms with Crippen LogP contribution in [0.2, 0.25) is 0 Å². The second-order valence-corrected chi connectivity index (χ2v) is 14.8. The molecule has 0 aromatic rings. The van der Waals surface area contributed by atoms with Gasteiger partial charge in [-0.05, 0) is 116 Å². The van der Waals surface area contributed by atoms with Gasteiger partial charge in [-0.1, -0.05) is 32.0 Å². The number of nitrogens with one attached hydrogen (secondary N) is 2. The van der Waals surface area contributed by atoms with Gasteiger partial charge in [0.1, 0.15) is 12.8 Å². The largest absolute Gasteiger partial charge is 0.447 e. The van der Waals surface area contributed by atoms with Crippen molar-refractivity contribution in [3.8, 4) is 12.3 Å². The third-order valence-electron chi connectivity index (χ3n) is 12.4. The fourth-order valence-electron chi connectivity index (χ4n) is 9.96. The highest BCUT2D eigenvalue weighted by molar-refractivity contribution is 5.88. The van der Waals surface area contributed by atoms with E-state index in [4.69, 9.17) is 21.4 Å². The third kappa shape index (κ3) is 8.44. The predicted octanol–water partition coefficient (Wildman–Crippen LogP) is 4.44. The lowest BCUT2D eigenvalue weighted by Crippen LogP contribution is -2.62. The molecule has 0 aliphatic heterocycles. The Hall–Kier alpha value is -2.81. The average Bonchev–Trinajstić information content (AvgIpc) is 3.39. The van der Waals surface area contributed by atoms with E-state index in [0.717, 1.165) is 44.9 Å². The molecule has 0 heterocycles. The molecule has 4 rings (SSSR count). The lowest BCUT2D eigenvalue weighted by molar-refractivity contribution is -0.207. The fraction of sp³-hybridized carbons (Fsp3) is 0.829. The number of azide groups is 1. The molecule has 12 atom stereocenters. The molecule has 0 aromatic heterocycles. The number of rotatable bonds is 14. The molecule has 0 saturated heterocycles. The normalized spacial score (nSPS) is 37.3. The second kappa shape index (κ2) is 16.5. The number of carbonyl (C=O) groups is 2. The summed E-state index contributed by atoms with van der Waals surface area (Å²) < 4.78 is 10.3. The molecule has 0 bridgehead atoms. The summed E-state index contributed by atoms with van der Waals surface area (Å²) in [7, 11) is 0. The van der Waals surface area contributed by atoms with E-state index in [1.807, 2.05) is 0 Å². The number of alkyl carbamates (subject to hydrolysis) is 1. The van der Waals surface area contributed by atoms with Crippen LogP contribution in [0.5, 0.6) is 0 Å². The zero-order valence-corrected chi connectivity index (χ0v) is 28.2. The summed E-state index contributed by atoms with van der Waals surface area (Å²) in [5.41, 5.74) is 8.48. The van der Waals surface area contributed by atoms with Crippen LogP contribution in [-0.2, 0) is 14.3 Å². The molecule has 4 fully saturated rings. The quantitative estimate of drug-likeness (QED) is 0.0347. The first kappa shape index (κ1) is 37.0. The van der Waals surface area contributed by atoms with E-state index >= 15 is 0 Å². The Balaban J connectivity index is 1.28. The summed E-state index contributed by atoms with van der Waals surface area (Å²) in [6.07, 6.45) is 13.5. The Labute approximate surface area is 279 Å². The van der Waals surface area contributed by atoms with Gasteiger partial charge in [-0.3, -0.25) is 4.79 Å². The topological polar surface area (TPSA) is 186 Å². The Morgan fingerprint density at radius 3 is 2.64 bits per heavy atom. The van der Waals surface area contributed by atoms with Gasteiger partial charge < -0.3 is 35.4 Å². The lowest BCUT2D eigenvalue weighted by Gasteiger charge is -2.63. The predicted molar refractivity (Wildman–Crippen MR) is 176 cm³/mol. The van der Waals surface area contributed by atoms with Gasteiger partial charge in [0.05, 0.1) is 38.1 Å². The number of amides is 2. The molecule has 4 aliphatic rings. The van der Waals surface area contributed by atoms with Crippen molar-refractivity contribution in [1.29, 1.82) is 0 Å². The Kier molecular flexibility index (Phi) is 13.0. The molecule has 0 radical (unpaired) electrons. The van der Waals surface area contributed by atoms with Crippen molar-refractivity contribution in [3.63, 3.8) is 0 Å². The summed E-state index contributed by atoms with van der Waals surface area (Å²) >= 11 is 0.